The number of ketones is 1. The molecule has 15 heteroatoms. The number of alkyl carbamates (subject to hydrolysis) is 1. The summed E-state index contributed by atoms with van der Waals surface area (Å²) in [4.78, 5) is 76.2. The van der Waals surface area contributed by atoms with Gasteiger partial charge in [0.05, 0.1) is 6.04 Å². The second kappa shape index (κ2) is 32.9. The van der Waals surface area contributed by atoms with Gasteiger partial charge in [0.25, 0.3) is 0 Å². The predicted molar refractivity (Wildman–Crippen MR) is 237 cm³/mol. The number of hydrogen-bond donors (Lipinski definition) is 6. The number of allylic oxidation sites excluding steroid dienone is 4. The molecule has 0 aromatic heterocycles. The molecule has 338 valence electrons. The molecule has 0 aliphatic rings. The lowest BCUT2D eigenvalue weighted by atomic mass is 9.91. The normalized spacial score (nSPS) is 12.8. The van der Waals surface area contributed by atoms with E-state index < -0.39 is 42.1 Å². The fourth-order valence-corrected chi connectivity index (χ4v) is 6.09. The summed E-state index contributed by atoms with van der Waals surface area (Å²) < 4.78 is 10.7. The first-order valence-corrected chi connectivity index (χ1v) is 21.9. The maximum Gasteiger partial charge on any atom is 0.409 e. The first-order chi connectivity index (χ1) is 28.8. The Hall–Kier alpha value is -4.92. The lowest BCUT2D eigenvalue weighted by Gasteiger charge is -2.22. The zero-order valence-corrected chi connectivity index (χ0v) is 36.9. The molecule has 0 radical (unpaired) electrons. The maximum absolute atomic E-state index is 13.1. The lowest BCUT2D eigenvalue weighted by molar-refractivity contribution is -0.128. The van der Waals surface area contributed by atoms with Gasteiger partial charge in [-0.2, -0.15) is 0 Å². The number of nitrogens with zero attached hydrogens (tertiary/aromatic N) is 1. The summed E-state index contributed by atoms with van der Waals surface area (Å²) >= 11 is 0. The van der Waals surface area contributed by atoms with Crippen LogP contribution in [0.3, 0.4) is 0 Å². The van der Waals surface area contributed by atoms with Gasteiger partial charge in [0.15, 0.2) is 12.4 Å². The number of carbonyl (C=O) groups excluding carboxylic acids is 6. The first kappa shape index (κ1) is 53.1. The predicted octanol–water partition coefficient (Wildman–Crippen LogP) is 7.25. The Morgan fingerprint density at radius 2 is 1.43 bits per heavy atom. The summed E-state index contributed by atoms with van der Waals surface area (Å²) in [5, 5.41) is 10.5. The molecule has 1 aromatic rings. The first-order valence-electron chi connectivity index (χ1n) is 21.9. The number of benzene rings is 1. The van der Waals surface area contributed by atoms with Crippen LogP contribution in [0.4, 0.5) is 20.1 Å². The monoisotopic (exact) mass is 842 g/mol. The number of carbonyl (C=O) groups is 6. The molecule has 0 heterocycles. The van der Waals surface area contributed by atoms with Gasteiger partial charge in [-0.15, -0.1) is 0 Å². The molecule has 0 saturated heterocycles. The maximum atomic E-state index is 13.1. The van der Waals surface area contributed by atoms with Gasteiger partial charge in [0, 0.05) is 38.3 Å². The molecule has 1 rings (SSSR count). The number of urea groups is 1. The molecule has 3 atom stereocenters. The average Bonchev–Trinajstić information content (AvgIpc) is 3.22. The minimum atomic E-state index is -0.907. The number of amides is 6. The van der Waals surface area contributed by atoms with Crippen molar-refractivity contribution in [1.82, 2.24) is 20.9 Å². The van der Waals surface area contributed by atoms with Gasteiger partial charge in [-0.25, -0.2) is 14.4 Å². The molecule has 0 spiro atoms. The summed E-state index contributed by atoms with van der Waals surface area (Å²) in [6.07, 6.45) is 21.4. The van der Waals surface area contributed by atoms with Gasteiger partial charge in [0.2, 0.25) is 11.8 Å². The van der Waals surface area contributed by atoms with E-state index in [-0.39, 0.29) is 56.9 Å². The van der Waals surface area contributed by atoms with Gasteiger partial charge in [-0.1, -0.05) is 109 Å². The number of nitrogens with one attached hydrogen (secondary N) is 4. The minimum absolute atomic E-state index is 0.0403. The van der Waals surface area contributed by atoms with E-state index in [1.807, 2.05) is 0 Å². The Morgan fingerprint density at radius 3 is 2.08 bits per heavy atom. The highest BCUT2D eigenvalue weighted by Crippen LogP contribution is 2.20. The Balaban J connectivity index is 2.52. The Morgan fingerprint density at radius 1 is 0.767 bits per heavy atom. The molecule has 6 amide bonds. The summed E-state index contributed by atoms with van der Waals surface area (Å²) in [5.41, 5.74) is 12.2. The van der Waals surface area contributed by atoms with Crippen molar-refractivity contribution in [2.45, 2.75) is 143 Å². The van der Waals surface area contributed by atoms with Crippen molar-refractivity contribution in [3.05, 3.63) is 54.1 Å². The topological polar surface area (TPSA) is 224 Å². The largest absolute Gasteiger partial charge is 0.445 e. The fourth-order valence-electron chi connectivity index (χ4n) is 6.09. The van der Waals surface area contributed by atoms with E-state index in [1.54, 1.807) is 38.1 Å². The number of rotatable bonds is 32. The van der Waals surface area contributed by atoms with Gasteiger partial charge < -0.3 is 47.1 Å². The Bertz CT molecular complexity index is 1470. The molecule has 8 N–H and O–H groups in total. The molecular formula is C45H75N7O8. The van der Waals surface area contributed by atoms with E-state index in [0.29, 0.717) is 17.7 Å². The Kier molecular flexibility index (Phi) is 29.1. The fraction of sp³-hybridized carbons (Fsp3) is 0.644. The van der Waals surface area contributed by atoms with E-state index >= 15 is 0 Å². The van der Waals surface area contributed by atoms with Crippen molar-refractivity contribution in [2.75, 3.05) is 38.6 Å². The lowest BCUT2D eigenvalue weighted by Crippen LogP contribution is -2.51. The quantitative estimate of drug-likeness (QED) is 0.0317. The van der Waals surface area contributed by atoms with Crippen LogP contribution in [0.5, 0.6) is 0 Å². The molecule has 3 unspecified atom stereocenters. The summed E-state index contributed by atoms with van der Waals surface area (Å²) in [6, 6.07) is 4.27. The summed E-state index contributed by atoms with van der Waals surface area (Å²) in [5.74, 6) is -1.23. The van der Waals surface area contributed by atoms with Gasteiger partial charge in [-0.05, 0) is 75.0 Å². The van der Waals surface area contributed by atoms with Gasteiger partial charge in [0.1, 0.15) is 12.6 Å². The summed E-state index contributed by atoms with van der Waals surface area (Å²) in [6.45, 7) is 8.08. The highest BCUT2D eigenvalue weighted by atomic mass is 16.6. The molecule has 1 aromatic carbocycles. The van der Waals surface area contributed by atoms with Crippen LogP contribution < -0.4 is 32.7 Å². The van der Waals surface area contributed by atoms with Crippen molar-refractivity contribution >= 4 is 41.5 Å². The van der Waals surface area contributed by atoms with Crippen LogP contribution >= 0.6 is 0 Å². The number of Topliss-reactive ketones (excluding diaryl/α,β-unsaturated/α-hetero) is 1. The Labute approximate surface area is 358 Å². The van der Waals surface area contributed by atoms with Gasteiger partial charge >= 0.3 is 18.2 Å². The molecule has 60 heavy (non-hydrogen) atoms. The highest BCUT2D eigenvalue weighted by molar-refractivity contribution is 5.97. The second-order valence-electron chi connectivity index (χ2n) is 15.5. The van der Waals surface area contributed by atoms with E-state index in [1.165, 1.54) is 18.4 Å². The smallest absolute Gasteiger partial charge is 0.409 e. The third-order valence-corrected chi connectivity index (χ3v) is 9.96. The van der Waals surface area contributed by atoms with E-state index in [9.17, 15) is 28.8 Å². The number of hydrogen-bond acceptors (Lipinski definition) is 9. The number of nitrogens with two attached hydrogens (primary N) is 2. The minimum Gasteiger partial charge on any atom is -0.445 e. The highest BCUT2D eigenvalue weighted by Gasteiger charge is 2.25. The third-order valence-electron chi connectivity index (χ3n) is 9.96. The van der Waals surface area contributed by atoms with Crippen molar-refractivity contribution in [1.29, 1.82) is 0 Å². The molecule has 0 saturated carbocycles. The third kappa shape index (κ3) is 25.5. The van der Waals surface area contributed by atoms with Crippen molar-refractivity contribution < 1.29 is 38.2 Å². The number of unbranched alkanes of at least 4 members (excludes halogenated alkanes) is 7. The van der Waals surface area contributed by atoms with Crippen molar-refractivity contribution in [3.8, 4) is 0 Å². The number of ether oxygens (including phenoxy) is 2. The zero-order chi connectivity index (χ0) is 44.5. The van der Waals surface area contributed by atoms with Crippen LogP contribution in [0.1, 0.15) is 130 Å². The molecular weight excluding hydrogens is 767 g/mol. The molecule has 0 aliphatic heterocycles. The number of primary amides is 1. The molecule has 0 aliphatic carbocycles. The van der Waals surface area contributed by atoms with Crippen molar-refractivity contribution in [3.63, 3.8) is 0 Å². The molecule has 15 nitrogen and oxygen atoms in total. The van der Waals surface area contributed by atoms with Gasteiger partial charge in [-0.3, -0.25) is 14.4 Å². The van der Waals surface area contributed by atoms with Crippen LogP contribution in [0.15, 0.2) is 48.6 Å². The van der Waals surface area contributed by atoms with Crippen LogP contribution in [0.2, 0.25) is 0 Å². The number of likely N-dealkylation sites (N-methyl/N-ethyl adjacent to an activating group) is 1. The van der Waals surface area contributed by atoms with E-state index in [4.69, 9.17) is 20.9 Å². The zero-order valence-electron chi connectivity index (χ0n) is 36.9. The SMILES string of the molecule is CCC=CCC=CCCCCCC(CCCCCCC)C(=O)COC(=O)NCCN(C)C(=O)OCc1ccc(NC(=O)C(CCCNC(N)=O)NC(=O)C(N)C(C)C)cc1. The van der Waals surface area contributed by atoms with Crippen LogP contribution in [0, 0.1) is 11.8 Å². The van der Waals surface area contributed by atoms with E-state index in [2.05, 4.69) is 59.4 Å². The van der Waals surface area contributed by atoms with Crippen LogP contribution in [-0.4, -0.2) is 86.1 Å². The molecule has 0 fully saturated rings. The standard InChI is InChI=1S/C45H75N7O8/c1-6-8-10-12-13-14-15-16-18-20-23-36(22-19-17-11-9-7-2)39(53)33-59-44(57)49-30-31-52(5)45(58)60-32-35-25-27-37(28-26-35)50-41(54)38(24-21-29-48-43(47)56)51-42(55)40(46)34(3)4/h8,10,13-14,25-28,34,36,38,40H,6-7,9,11-12,15-24,29-33,46H2,1-5H3,(H,49,57)(H,50,54)(H,51,55)(H3,47,48,56). The second-order valence-corrected chi connectivity index (χ2v) is 15.5. The molecule has 0 bridgehead atoms. The van der Waals surface area contributed by atoms with Crippen molar-refractivity contribution in [2.24, 2.45) is 23.3 Å². The van der Waals surface area contributed by atoms with E-state index in [0.717, 1.165) is 77.0 Å². The van der Waals surface area contributed by atoms with Crippen LogP contribution in [0.25, 0.3) is 0 Å². The average molecular weight is 842 g/mol. The summed E-state index contributed by atoms with van der Waals surface area (Å²) in [7, 11) is 1.54. The van der Waals surface area contributed by atoms with Crippen LogP contribution in [-0.2, 0) is 30.5 Å². The number of anilines is 1.